The Morgan fingerprint density at radius 3 is 2.72 bits per heavy atom. The van der Waals surface area contributed by atoms with Crippen LogP contribution in [0.2, 0.25) is 0 Å². The summed E-state index contributed by atoms with van der Waals surface area (Å²) in [7, 11) is 0. The number of amides is 2. The van der Waals surface area contributed by atoms with E-state index in [1.807, 2.05) is 48.7 Å². The molecular weight excluding hydrogens is 402 g/mol. The molecule has 7 heteroatoms. The average Bonchev–Trinajstić information content (AvgIpc) is 3.27. The Bertz CT molecular complexity index is 1040. The van der Waals surface area contributed by atoms with Gasteiger partial charge in [0.2, 0.25) is 5.91 Å². The minimum Gasteiger partial charge on any atom is -0.345 e. The van der Waals surface area contributed by atoms with E-state index in [-0.39, 0.29) is 23.6 Å². The number of hydrogen-bond donors (Lipinski definition) is 2. The SMILES string of the molecule is C[C@@H](NC(=O)c1ccccc1SCC(=O)Nc1cccc(C#N)c1)c1cccs1. The van der Waals surface area contributed by atoms with Crippen LogP contribution in [0, 0.1) is 11.3 Å². The summed E-state index contributed by atoms with van der Waals surface area (Å²) in [5.41, 5.74) is 1.60. The van der Waals surface area contributed by atoms with Crippen LogP contribution in [0.4, 0.5) is 5.69 Å². The standard InChI is InChI=1S/C22H19N3O2S2/c1-15(19-10-5-11-28-19)24-22(27)18-8-2-3-9-20(18)29-14-21(26)25-17-7-4-6-16(12-17)13-23/h2-12,15H,14H2,1H3,(H,24,27)(H,25,26)/t15-/m1/s1. The van der Waals surface area contributed by atoms with Crippen LogP contribution in [0.25, 0.3) is 0 Å². The van der Waals surface area contributed by atoms with Crippen molar-refractivity contribution in [2.75, 3.05) is 11.1 Å². The maximum absolute atomic E-state index is 12.7. The van der Waals surface area contributed by atoms with Gasteiger partial charge in [0.15, 0.2) is 0 Å². The van der Waals surface area contributed by atoms with Crippen molar-refractivity contribution in [3.8, 4) is 6.07 Å². The Morgan fingerprint density at radius 1 is 1.14 bits per heavy atom. The van der Waals surface area contributed by atoms with Crippen LogP contribution in [-0.4, -0.2) is 17.6 Å². The first-order chi connectivity index (χ1) is 14.1. The third kappa shape index (κ3) is 5.70. The number of nitrogens with zero attached hydrogens (tertiary/aromatic N) is 1. The molecule has 0 spiro atoms. The van der Waals surface area contributed by atoms with E-state index in [0.29, 0.717) is 16.8 Å². The zero-order chi connectivity index (χ0) is 20.6. The number of thioether (sulfide) groups is 1. The Balaban J connectivity index is 1.62. The van der Waals surface area contributed by atoms with Crippen molar-refractivity contribution in [3.05, 3.63) is 82.0 Å². The molecule has 1 atom stereocenters. The maximum Gasteiger partial charge on any atom is 0.252 e. The number of carbonyl (C=O) groups is 2. The van der Waals surface area contributed by atoms with E-state index in [4.69, 9.17) is 5.26 Å². The minimum absolute atomic E-state index is 0.0868. The van der Waals surface area contributed by atoms with Crippen LogP contribution in [0.1, 0.15) is 33.8 Å². The predicted octanol–water partition coefficient (Wildman–Crippen LogP) is 4.84. The molecule has 0 saturated heterocycles. The van der Waals surface area contributed by atoms with Crippen molar-refractivity contribution in [2.24, 2.45) is 0 Å². The van der Waals surface area contributed by atoms with Gasteiger partial charge in [-0.15, -0.1) is 23.1 Å². The molecule has 0 radical (unpaired) electrons. The monoisotopic (exact) mass is 421 g/mol. The summed E-state index contributed by atoms with van der Waals surface area (Å²) >= 11 is 2.90. The number of hydrogen-bond acceptors (Lipinski definition) is 5. The van der Waals surface area contributed by atoms with Gasteiger partial charge in [-0.1, -0.05) is 24.3 Å². The van der Waals surface area contributed by atoms with Gasteiger partial charge in [0, 0.05) is 15.5 Å². The van der Waals surface area contributed by atoms with E-state index in [9.17, 15) is 9.59 Å². The third-order valence-electron chi connectivity index (χ3n) is 4.08. The zero-order valence-corrected chi connectivity index (χ0v) is 17.3. The number of carbonyl (C=O) groups excluding carboxylic acids is 2. The largest absolute Gasteiger partial charge is 0.345 e. The molecule has 2 aromatic carbocycles. The first kappa shape index (κ1) is 20.6. The summed E-state index contributed by atoms with van der Waals surface area (Å²) in [6, 6.07) is 19.9. The molecule has 0 aliphatic heterocycles. The Kier molecular flexibility index (Phi) is 7.06. The normalized spacial score (nSPS) is 11.3. The Labute approximate surface area is 177 Å². The highest BCUT2D eigenvalue weighted by molar-refractivity contribution is 8.00. The van der Waals surface area contributed by atoms with Crippen molar-refractivity contribution in [1.29, 1.82) is 5.26 Å². The van der Waals surface area contributed by atoms with Crippen molar-refractivity contribution < 1.29 is 9.59 Å². The predicted molar refractivity (Wildman–Crippen MR) is 117 cm³/mol. The van der Waals surface area contributed by atoms with Gasteiger partial charge in [-0.3, -0.25) is 9.59 Å². The van der Waals surface area contributed by atoms with Crippen LogP contribution >= 0.6 is 23.1 Å². The highest BCUT2D eigenvalue weighted by Gasteiger charge is 2.16. The number of thiophene rings is 1. The van der Waals surface area contributed by atoms with E-state index < -0.39 is 0 Å². The van der Waals surface area contributed by atoms with Crippen molar-refractivity contribution >= 4 is 40.6 Å². The fourth-order valence-corrected chi connectivity index (χ4v) is 4.25. The molecule has 1 aromatic heterocycles. The first-order valence-electron chi connectivity index (χ1n) is 8.93. The summed E-state index contributed by atoms with van der Waals surface area (Å²) in [5.74, 6) is -0.218. The molecule has 3 aromatic rings. The van der Waals surface area contributed by atoms with Crippen molar-refractivity contribution in [3.63, 3.8) is 0 Å². The lowest BCUT2D eigenvalue weighted by atomic mass is 10.2. The van der Waals surface area contributed by atoms with Crippen molar-refractivity contribution in [1.82, 2.24) is 5.32 Å². The lowest BCUT2D eigenvalue weighted by Gasteiger charge is -2.14. The second-order valence-corrected chi connectivity index (χ2v) is 8.23. The summed E-state index contributed by atoms with van der Waals surface area (Å²) in [4.78, 5) is 26.8. The summed E-state index contributed by atoms with van der Waals surface area (Å²) in [6.45, 7) is 1.95. The molecule has 0 aliphatic carbocycles. The van der Waals surface area contributed by atoms with Gasteiger partial charge in [0.05, 0.1) is 29.0 Å². The average molecular weight is 422 g/mol. The third-order valence-corrected chi connectivity index (χ3v) is 6.21. The molecule has 1 heterocycles. The van der Waals surface area contributed by atoms with E-state index in [0.717, 1.165) is 9.77 Å². The lowest BCUT2D eigenvalue weighted by Crippen LogP contribution is -2.26. The Hall–Kier alpha value is -3.08. The number of benzene rings is 2. The molecule has 5 nitrogen and oxygen atoms in total. The molecule has 29 heavy (non-hydrogen) atoms. The number of nitriles is 1. The van der Waals surface area contributed by atoms with E-state index in [1.54, 1.807) is 41.7 Å². The van der Waals surface area contributed by atoms with Crippen molar-refractivity contribution in [2.45, 2.75) is 17.9 Å². The highest BCUT2D eigenvalue weighted by Crippen LogP contribution is 2.25. The fourth-order valence-electron chi connectivity index (χ4n) is 2.67. The van der Waals surface area contributed by atoms with Gasteiger partial charge in [-0.25, -0.2) is 0 Å². The zero-order valence-electron chi connectivity index (χ0n) is 15.7. The molecule has 0 aliphatic rings. The quantitative estimate of drug-likeness (QED) is 0.535. The maximum atomic E-state index is 12.7. The second kappa shape index (κ2) is 9.92. The topological polar surface area (TPSA) is 82.0 Å². The van der Waals surface area contributed by atoms with Gasteiger partial charge in [-0.05, 0) is 48.7 Å². The van der Waals surface area contributed by atoms with Gasteiger partial charge >= 0.3 is 0 Å². The van der Waals surface area contributed by atoms with E-state index in [1.165, 1.54) is 11.8 Å². The molecule has 2 N–H and O–H groups in total. The van der Waals surface area contributed by atoms with Gasteiger partial charge in [-0.2, -0.15) is 5.26 Å². The molecule has 0 bridgehead atoms. The Morgan fingerprint density at radius 2 is 1.97 bits per heavy atom. The molecule has 0 unspecified atom stereocenters. The summed E-state index contributed by atoms with van der Waals surface area (Å²) in [6.07, 6.45) is 0. The molecule has 0 fully saturated rings. The van der Waals surface area contributed by atoms with Crippen LogP contribution < -0.4 is 10.6 Å². The van der Waals surface area contributed by atoms with E-state index in [2.05, 4.69) is 10.6 Å². The summed E-state index contributed by atoms with van der Waals surface area (Å²) in [5, 5.41) is 16.7. The lowest BCUT2D eigenvalue weighted by molar-refractivity contribution is -0.113. The number of nitrogens with one attached hydrogen (secondary N) is 2. The summed E-state index contributed by atoms with van der Waals surface area (Å²) < 4.78 is 0. The van der Waals surface area contributed by atoms with Gasteiger partial charge < -0.3 is 10.6 Å². The molecular formula is C22H19N3O2S2. The smallest absolute Gasteiger partial charge is 0.252 e. The highest BCUT2D eigenvalue weighted by atomic mass is 32.2. The van der Waals surface area contributed by atoms with Crippen LogP contribution in [-0.2, 0) is 4.79 Å². The number of anilines is 1. The molecule has 146 valence electrons. The molecule has 2 amide bonds. The number of rotatable bonds is 7. The minimum atomic E-state index is -0.202. The molecule has 0 saturated carbocycles. The second-order valence-electron chi connectivity index (χ2n) is 6.24. The van der Waals surface area contributed by atoms with Gasteiger partial charge in [0.1, 0.15) is 0 Å². The van der Waals surface area contributed by atoms with Crippen LogP contribution in [0.3, 0.4) is 0 Å². The fraction of sp³-hybridized carbons (Fsp3) is 0.136. The van der Waals surface area contributed by atoms with Crippen LogP contribution in [0.15, 0.2) is 70.9 Å². The van der Waals surface area contributed by atoms with Gasteiger partial charge in [0.25, 0.3) is 5.91 Å². The van der Waals surface area contributed by atoms with Crippen LogP contribution in [0.5, 0.6) is 0 Å². The van der Waals surface area contributed by atoms with E-state index >= 15 is 0 Å². The molecule has 3 rings (SSSR count). The first-order valence-corrected chi connectivity index (χ1v) is 10.8.